The molecule has 0 bridgehead atoms. The van der Waals surface area contributed by atoms with Crippen LogP contribution in [0.3, 0.4) is 0 Å². The van der Waals surface area contributed by atoms with Gasteiger partial charge in [-0.2, -0.15) is 0 Å². The molecule has 8 heteroatoms. The maximum atomic E-state index is 5.32. The van der Waals surface area contributed by atoms with Crippen LogP contribution >= 0.6 is 23.1 Å². The first kappa shape index (κ1) is 12.4. The third kappa shape index (κ3) is 2.69. The largest absolute Gasteiger partial charge is 0.355 e. The Balaban J connectivity index is 1.68. The fourth-order valence-electron chi connectivity index (χ4n) is 1.55. The number of aryl methyl sites for hydroxylation is 1. The third-order valence-corrected chi connectivity index (χ3v) is 4.35. The van der Waals surface area contributed by atoms with Gasteiger partial charge in [-0.3, -0.25) is 0 Å². The molecule has 19 heavy (non-hydrogen) atoms. The Bertz CT molecular complexity index is 646. The second kappa shape index (κ2) is 5.54. The van der Waals surface area contributed by atoms with Crippen LogP contribution in [-0.2, 0) is 12.3 Å². The number of thiophene rings is 1. The van der Waals surface area contributed by atoms with Crippen LogP contribution in [0.1, 0.15) is 12.6 Å². The van der Waals surface area contributed by atoms with E-state index in [-0.39, 0.29) is 0 Å². The van der Waals surface area contributed by atoms with Gasteiger partial charge in [0, 0.05) is 18.4 Å². The highest BCUT2D eigenvalue weighted by atomic mass is 32.2. The molecule has 0 N–H and O–H groups in total. The minimum atomic E-state index is 0.690. The third-order valence-electron chi connectivity index (χ3n) is 2.47. The first-order valence-electron chi connectivity index (χ1n) is 5.75. The zero-order valence-electron chi connectivity index (χ0n) is 10.2. The van der Waals surface area contributed by atoms with E-state index in [1.165, 1.54) is 0 Å². The van der Waals surface area contributed by atoms with Crippen LogP contribution in [0.2, 0.25) is 0 Å². The van der Waals surface area contributed by atoms with Crippen molar-refractivity contribution in [2.24, 2.45) is 0 Å². The van der Waals surface area contributed by atoms with Gasteiger partial charge in [0.05, 0.1) is 10.6 Å². The topological polar surface area (TPSA) is 69.6 Å². The van der Waals surface area contributed by atoms with Gasteiger partial charge < -0.3 is 4.52 Å². The monoisotopic (exact) mass is 293 g/mol. The summed E-state index contributed by atoms with van der Waals surface area (Å²) in [4.78, 5) is 1.09. The Morgan fingerprint density at radius 1 is 1.47 bits per heavy atom. The second-order valence-corrected chi connectivity index (χ2v) is 5.62. The summed E-state index contributed by atoms with van der Waals surface area (Å²) in [5.41, 5.74) is 0.888. The first-order valence-corrected chi connectivity index (χ1v) is 7.61. The Kier molecular flexibility index (Phi) is 3.60. The van der Waals surface area contributed by atoms with Gasteiger partial charge in [0.25, 0.3) is 0 Å². The van der Waals surface area contributed by atoms with Crippen LogP contribution in [0.25, 0.3) is 10.6 Å². The molecule has 3 aromatic heterocycles. The SMILES string of the molecule is CCn1nnnc1SCc1cc(-c2cccs2)on1. The number of nitrogens with zero attached hydrogens (tertiary/aromatic N) is 5. The zero-order valence-corrected chi connectivity index (χ0v) is 11.8. The van der Waals surface area contributed by atoms with E-state index in [9.17, 15) is 0 Å². The predicted octanol–water partition coefficient (Wildman–Crippen LogP) is 2.70. The van der Waals surface area contributed by atoms with Gasteiger partial charge in [0.2, 0.25) is 5.16 Å². The summed E-state index contributed by atoms with van der Waals surface area (Å²) >= 11 is 3.18. The van der Waals surface area contributed by atoms with Gasteiger partial charge in [-0.25, -0.2) is 4.68 Å². The molecular formula is C11H11N5OS2. The molecule has 0 unspecified atom stereocenters. The minimum Gasteiger partial charge on any atom is -0.355 e. The Morgan fingerprint density at radius 3 is 3.21 bits per heavy atom. The van der Waals surface area contributed by atoms with Crippen LogP contribution in [0.5, 0.6) is 0 Å². The van der Waals surface area contributed by atoms with Crippen LogP contribution in [0.15, 0.2) is 33.3 Å². The molecule has 0 aliphatic heterocycles. The van der Waals surface area contributed by atoms with E-state index in [0.29, 0.717) is 5.75 Å². The van der Waals surface area contributed by atoms with Crippen LogP contribution in [0, 0.1) is 0 Å². The van der Waals surface area contributed by atoms with Gasteiger partial charge in [-0.05, 0) is 28.8 Å². The average molecular weight is 293 g/mol. The van der Waals surface area contributed by atoms with Crippen molar-refractivity contribution in [3.63, 3.8) is 0 Å². The summed E-state index contributed by atoms with van der Waals surface area (Å²) in [6.45, 7) is 2.76. The summed E-state index contributed by atoms with van der Waals surface area (Å²) in [7, 11) is 0. The highest BCUT2D eigenvalue weighted by molar-refractivity contribution is 7.98. The highest BCUT2D eigenvalue weighted by Gasteiger charge is 2.10. The van der Waals surface area contributed by atoms with Crippen molar-refractivity contribution < 1.29 is 4.52 Å². The molecule has 0 aliphatic rings. The van der Waals surface area contributed by atoms with E-state index in [0.717, 1.165) is 28.0 Å². The highest BCUT2D eigenvalue weighted by Crippen LogP contribution is 2.27. The van der Waals surface area contributed by atoms with E-state index in [1.54, 1.807) is 27.8 Å². The van der Waals surface area contributed by atoms with Gasteiger partial charge in [0.15, 0.2) is 5.76 Å². The van der Waals surface area contributed by atoms with E-state index in [1.807, 2.05) is 30.5 Å². The molecule has 0 fully saturated rings. The smallest absolute Gasteiger partial charge is 0.209 e. The molecule has 0 aromatic carbocycles. The van der Waals surface area contributed by atoms with Crippen molar-refractivity contribution in [1.82, 2.24) is 25.4 Å². The number of hydrogen-bond donors (Lipinski definition) is 0. The Labute approximate surface area is 117 Å². The van der Waals surface area contributed by atoms with Gasteiger partial charge >= 0.3 is 0 Å². The van der Waals surface area contributed by atoms with Crippen molar-refractivity contribution >= 4 is 23.1 Å². The van der Waals surface area contributed by atoms with E-state index in [2.05, 4.69) is 20.7 Å². The van der Waals surface area contributed by atoms with Crippen LogP contribution < -0.4 is 0 Å². The van der Waals surface area contributed by atoms with E-state index in [4.69, 9.17) is 4.52 Å². The molecule has 0 atom stereocenters. The molecule has 0 spiro atoms. The van der Waals surface area contributed by atoms with Crippen LogP contribution in [-0.4, -0.2) is 25.4 Å². The standard InChI is InChI=1S/C11H11N5OS2/c1-2-16-11(12-14-15-16)19-7-8-6-9(17-13-8)10-4-3-5-18-10/h3-6H,2,7H2,1H3. The normalized spacial score (nSPS) is 11.0. The van der Waals surface area contributed by atoms with Gasteiger partial charge in [-0.1, -0.05) is 23.0 Å². The zero-order chi connectivity index (χ0) is 13.1. The van der Waals surface area contributed by atoms with Crippen molar-refractivity contribution in [2.75, 3.05) is 0 Å². The lowest BCUT2D eigenvalue weighted by atomic mass is 10.3. The van der Waals surface area contributed by atoms with Crippen molar-refractivity contribution in [3.05, 3.63) is 29.3 Å². The summed E-state index contributed by atoms with van der Waals surface area (Å²) in [6, 6.07) is 5.96. The number of rotatable bonds is 5. The summed E-state index contributed by atoms with van der Waals surface area (Å²) in [6.07, 6.45) is 0. The Morgan fingerprint density at radius 2 is 2.42 bits per heavy atom. The van der Waals surface area contributed by atoms with Crippen molar-refractivity contribution in [3.8, 4) is 10.6 Å². The van der Waals surface area contributed by atoms with Gasteiger partial charge in [0.1, 0.15) is 0 Å². The summed E-state index contributed by atoms with van der Waals surface area (Å²) in [5, 5.41) is 18.4. The number of thioether (sulfide) groups is 1. The number of hydrogen-bond acceptors (Lipinski definition) is 7. The maximum Gasteiger partial charge on any atom is 0.209 e. The second-order valence-electron chi connectivity index (χ2n) is 3.73. The quantitative estimate of drug-likeness (QED) is 0.674. The molecule has 3 rings (SSSR count). The lowest BCUT2D eigenvalue weighted by Crippen LogP contribution is -1.98. The number of aromatic nitrogens is 5. The average Bonchev–Trinajstić information content (AvgIpc) is 3.16. The lowest BCUT2D eigenvalue weighted by molar-refractivity contribution is 0.427. The fraction of sp³-hybridized carbons (Fsp3) is 0.273. The molecule has 0 radical (unpaired) electrons. The molecule has 0 amide bonds. The minimum absolute atomic E-state index is 0.690. The van der Waals surface area contributed by atoms with Crippen molar-refractivity contribution in [2.45, 2.75) is 24.4 Å². The molecule has 0 saturated heterocycles. The molecule has 98 valence electrons. The molecule has 3 heterocycles. The summed E-state index contributed by atoms with van der Waals surface area (Å²) in [5.74, 6) is 1.50. The first-order chi connectivity index (χ1) is 9.36. The molecule has 0 saturated carbocycles. The van der Waals surface area contributed by atoms with Gasteiger partial charge in [-0.15, -0.1) is 16.4 Å². The van der Waals surface area contributed by atoms with Crippen LogP contribution in [0.4, 0.5) is 0 Å². The molecule has 3 aromatic rings. The molecule has 6 nitrogen and oxygen atoms in total. The van der Waals surface area contributed by atoms with Crippen molar-refractivity contribution in [1.29, 1.82) is 0 Å². The number of tetrazole rings is 1. The lowest BCUT2D eigenvalue weighted by Gasteiger charge is -1.97. The summed E-state index contributed by atoms with van der Waals surface area (Å²) < 4.78 is 7.08. The van der Waals surface area contributed by atoms with E-state index >= 15 is 0 Å². The molecule has 0 aliphatic carbocycles. The predicted molar refractivity (Wildman–Crippen MR) is 72.9 cm³/mol. The molecular weight excluding hydrogens is 282 g/mol. The van der Waals surface area contributed by atoms with E-state index < -0.39 is 0 Å². The fourth-order valence-corrected chi connectivity index (χ4v) is 3.05. The Hall–Kier alpha value is -1.67. The maximum absolute atomic E-state index is 5.32.